The van der Waals surface area contributed by atoms with Crippen LogP contribution in [0.25, 0.3) is 86.4 Å². The Morgan fingerprint density at radius 1 is 0.165 bits per heavy atom. The summed E-state index contributed by atoms with van der Waals surface area (Å²) >= 11 is 0. The average molecular weight is 1610 g/mol. The lowest BCUT2D eigenvalue weighted by molar-refractivity contribution is 1.01. The van der Waals surface area contributed by atoms with E-state index >= 15 is 0 Å². The topological polar surface area (TPSA) is 14.7 Å². The summed E-state index contributed by atoms with van der Waals surface area (Å²) in [6, 6.07) is 138. The SMILES string of the molecule is CC.CC.CC.CC.CC.CC.CC.CC.CC.CC.CN(c1ccc2ccccc2c1)c1ccc2ccccc2c1.CN(c1cccc2ccccc12)c1cccc2ccccc12.CN(c1ccccc1)c1ccccc1.Cc1ccc2ccccc2c1.Cc1ccc2ccccc2c1.Cc1ccccc1.Cn1c2ccccc2c2ccccc21. The number of nitrogens with zero attached hydrogens (tertiary/aromatic N) is 4. The maximum Gasteiger partial charge on any atom is 0.0488 e. The zero-order chi connectivity index (χ0) is 89.7. The fraction of sp³-hybridized carbons (Fsp3) is 0.231. The summed E-state index contributed by atoms with van der Waals surface area (Å²) in [4.78, 5) is 6.68. The number of hydrogen-bond acceptors (Lipinski definition) is 3. The van der Waals surface area contributed by atoms with Crippen molar-refractivity contribution < 1.29 is 0 Å². The van der Waals surface area contributed by atoms with Crippen LogP contribution >= 0.6 is 0 Å². The molecule has 0 bridgehead atoms. The molecule has 18 rings (SSSR count). The Morgan fingerprint density at radius 3 is 0.702 bits per heavy atom. The first-order chi connectivity index (χ1) is 59.5. The van der Waals surface area contributed by atoms with Crippen molar-refractivity contribution in [3.63, 3.8) is 0 Å². The monoisotopic (exact) mass is 1610 g/mol. The van der Waals surface area contributed by atoms with Crippen molar-refractivity contribution in [1.29, 1.82) is 0 Å². The second kappa shape index (κ2) is 62.7. The smallest absolute Gasteiger partial charge is 0.0488 e. The van der Waals surface area contributed by atoms with Crippen LogP contribution in [0.3, 0.4) is 0 Å². The molecule has 0 fully saturated rings. The second-order valence-electron chi connectivity index (χ2n) is 25.4. The molecule has 4 nitrogen and oxygen atoms in total. The molecule has 0 amide bonds. The highest BCUT2D eigenvalue weighted by atomic mass is 15.1. The standard InChI is InChI=1S/2C21H17N.C13H11N.C13H13N.2C11H10.C7H8.10C2H6/c1-22(20-14-6-10-16-8-2-4-12-18(16)20)21-15-7-11-17-9-3-5-13-19(17)21;1-22(20-12-10-16-6-2-4-8-18(16)14-20)21-13-11-17-7-3-5-9-19(17)15-21;1-14-12-8-4-2-6-10(12)11-7-3-5-9-13(11)14;1-14(12-8-4-2-5-9-12)13-10-6-3-7-11-13;2*1-9-6-7-10-4-2-3-5-11(10)8-9;1-7-5-3-2-4-6-7;10*1-2/h2*2-15H,1H3;2-9H,1H3;2-11H,1H3;2*2-8H,1H3;2-6H,1H3;10*1-2H3. The van der Waals surface area contributed by atoms with Gasteiger partial charge in [-0.15, -0.1) is 0 Å². The molecule has 121 heavy (non-hydrogen) atoms. The number of rotatable bonds is 6. The van der Waals surface area contributed by atoms with Gasteiger partial charge in [0.05, 0.1) is 0 Å². The predicted molar refractivity (Wildman–Crippen MR) is 555 cm³/mol. The Morgan fingerprint density at radius 2 is 0.397 bits per heavy atom. The van der Waals surface area contributed by atoms with Crippen molar-refractivity contribution >= 4 is 121 Å². The second-order valence-corrected chi connectivity index (χ2v) is 25.4. The molecule has 0 aliphatic heterocycles. The molecule has 17 aromatic carbocycles. The van der Waals surface area contributed by atoms with Crippen LogP contribution in [0.4, 0.5) is 34.1 Å². The van der Waals surface area contributed by atoms with E-state index in [0.717, 1.165) is 0 Å². The molecule has 1 heterocycles. The minimum absolute atomic E-state index is 1.20. The van der Waals surface area contributed by atoms with E-state index in [1.165, 1.54) is 137 Å². The van der Waals surface area contributed by atoms with Crippen molar-refractivity contribution in [2.75, 3.05) is 35.8 Å². The van der Waals surface area contributed by atoms with E-state index in [4.69, 9.17) is 0 Å². The van der Waals surface area contributed by atoms with Crippen molar-refractivity contribution in [3.05, 3.63) is 411 Å². The minimum Gasteiger partial charge on any atom is -0.345 e. The van der Waals surface area contributed by atoms with Gasteiger partial charge in [0.25, 0.3) is 0 Å². The van der Waals surface area contributed by atoms with Gasteiger partial charge in [-0.1, -0.05) is 477 Å². The van der Waals surface area contributed by atoms with Gasteiger partial charge in [0.2, 0.25) is 0 Å². The lowest BCUT2D eigenvalue weighted by Crippen LogP contribution is -2.10. The zero-order valence-electron chi connectivity index (χ0n) is 78.8. The largest absolute Gasteiger partial charge is 0.345 e. The van der Waals surface area contributed by atoms with Gasteiger partial charge in [0.15, 0.2) is 0 Å². The summed E-state index contributed by atoms with van der Waals surface area (Å²) in [7, 11) is 8.45. The molecule has 0 aliphatic carbocycles. The van der Waals surface area contributed by atoms with Crippen LogP contribution in [0, 0.1) is 20.8 Å². The van der Waals surface area contributed by atoms with Gasteiger partial charge in [0, 0.05) is 94.9 Å². The third-order valence-electron chi connectivity index (χ3n) is 18.4. The van der Waals surface area contributed by atoms with Gasteiger partial charge in [-0.2, -0.15) is 0 Å². The Kier molecular flexibility index (Phi) is 54.1. The van der Waals surface area contributed by atoms with E-state index in [1.807, 2.05) is 169 Å². The average Bonchev–Trinajstić information content (AvgIpc) is 1.64. The Balaban J connectivity index is 0.000000471. The maximum absolute atomic E-state index is 2.28. The fourth-order valence-corrected chi connectivity index (χ4v) is 12.8. The molecule has 0 saturated heterocycles. The molecule has 4 heteroatoms. The van der Waals surface area contributed by atoms with E-state index in [0.29, 0.717) is 0 Å². The molecule has 0 unspecified atom stereocenters. The van der Waals surface area contributed by atoms with Crippen LogP contribution in [0.1, 0.15) is 155 Å². The van der Waals surface area contributed by atoms with Crippen molar-refractivity contribution in [1.82, 2.24) is 4.57 Å². The minimum atomic E-state index is 1.20. The molecule has 18 aromatic rings. The van der Waals surface area contributed by atoms with E-state index in [-0.39, 0.29) is 0 Å². The first-order valence-electron chi connectivity index (χ1n) is 44.6. The van der Waals surface area contributed by atoms with Gasteiger partial charge in [-0.25, -0.2) is 0 Å². The molecule has 0 spiro atoms. The van der Waals surface area contributed by atoms with Crippen LogP contribution in [-0.2, 0) is 7.05 Å². The predicted octanol–water partition coefficient (Wildman–Crippen LogP) is 36.9. The molecule has 634 valence electrons. The molecular weight excluding hydrogens is 1460 g/mol. The third-order valence-corrected chi connectivity index (χ3v) is 18.4. The molecule has 0 radical (unpaired) electrons. The fourth-order valence-electron chi connectivity index (χ4n) is 12.8. The summed E-state index contributed by atoms with van der Waals surface area (Å²) in [5, 5.41) is 18.2. The molecule has 1 aromatic heterocycles. The quantitative estimate of drug-likeness (QED) is 0.165. The summed E-state index contributed by atoms with van der Waals surface area (Å²) in [6.45, 7) is 46.3. The van der Waals surface area contributed by atoms with Crippen molar-refractivity contribution in [2.24, 2.45) is 7.05 Å². The highest BCUT2D eigenvalue weighted by molar-refractivity contribution is 6.08. The van der Waals surface area contributed by atoms with Crippen LogP contribution < -0.4 is 14.7 Å². The Bertz CT molecular complexity index is 5330. The molecule has 0 N–H and O–H groups in total. The number of fused-ring (bicyclic) bond motifs is 9. The number of aryl methyl sites for hydroxylation is 4. The van der Waals surface area contributed by atoms with Crippen LogP contribution in [0.2, 0.25) is 0 Å². The normalized spacial score (nSPS) is 9.28. The van der Waals surface area contributed by atoms with Gasteiger partial charge in [0.1, 0.15) is 0 Å². The van der Waals surface area contributed by atoms with Gasteiger partial charge in [-0.3, -0.25) is 0 Å². The number of benzene rings is 17. The lowest BCUT2D eigenvalue weighted by atomic mass is 10.1. The van der Waals surface area contributed by atoms with Crippen molar-refractivity contribution in [3.8, 4) is 0 Å². The summed E-state index contributed by atoms with van der Waals surface area (Å²) < 4.78 is 2.24. The highest BCUT2D eigenvalue weighted by Crippen LogP contribution is 2.36. The molecule has 0 atom stereocenters. The van der Waals surface area contributed by atoms with Gasteiger partial charge in [-0.05, 0) is 147 Å². The highest BCUT2D eigenvalue weighted by Gasteiger charge is 2.12. The Labute approximate surface area is 733 Å². The van der Waals surface area contributed by atoms with E-state index < -0.39 is 0 Å². The van der Waals surface area contributed by atoms with E-state index in [1.54, 1.807) is 0 Å². The summed E-state index contributed by atoms with van der Waals surface area (Å²) in [6.07, 6.45) is 0. The van der Waals surface area contributed by atoms with Crippen LogP contribution in [0.5, 0.6) is 0 Å². The number of hydrogen-bond donors (Lipinski definition) is 0. The first kappa shape index (κ1) is 105. The maximum atomic E-state index is 2.28. The molecule has 0 aliphatic rings. The van der Waals surface area contributed by atoms with Gasteiger partial charge >= 0.3 is 0 Å². The summed E-state index contributed by atoms with van der Waals surface area (Å²) in [5.74, 6) is 0. The lowest BCUT2D eigenvalue weighted by Gasteiger charge is -2.23. The Hall–Kier alpha value is -12.5. The zero-order valence-corrected chi connectivity index (χ0v) is 78.8. The summed E-state index contributed by atoms with van der Waals surface area (Å²) in [5.41, 5.74) is 13.8. The number of anilines is 6. The molecular formula is C117H146N4. The third kappa shape index (κ3) is 32.6. The van der Waals surface area contributed by atoms with Gasteiger partial charge < -0.3 is 19.3 Å². The van der Waals surface area contributed by atoms with Crippen molar-refractivity contribution in [2.45, 2.75) is 159 Å². The van der Waals surface area contributed by atoms with E-state index in [9.17, 15) is 0 Å². The van der Waals surface area contributed by atoms with Crippen LogP contribution in [0.15, 0.2) is 394 Å². The molecule has 0 saturated carbocycles. The number of para-hydroxylation sites is 4. The van der Waals surface area contributed by atoms with E-state index in [2.05, 4.69) is 432 Å². The van der Waals surface area contributed by atoms with Crippen LogP contribution in [-0.4, -0.2) is 25.7 Å². The number of aromatic nitrogens is 1. The first-order valence-corrected chi connectivity index (χ1v) is 44.6.